The van der Waals surface area contributed by atoms with Gasteiger partial charge in [-0.15, -0.1) is 0 Å². The van der Waals surface area contributed by atoms with E-state index in [9.17, 15) is 4.79 Å². The Kier molecular flexibility index (Phi) is 3.32. The van der Waals surface area contributed by atoms with Crippen LogP contribution in [-0.2, 0) is 0 Å². The summed E-state index contributed by atoms with van der Waals surface area (Å²) in [6.45, 7) is 4.80. The summed E-state index contributed by atoms with van der Waals surface area (Å²) in [5.74, 6) is 1.17. The van der Waals surface area contributed by atoms with Gasteiger partial charge in [0, 0.05) is 0 Å². The zero-order valence-corrected chi connectivity index (χ0v) is 9.86. The Morgan fingerprint density at radius 1 is 1.12 bits per heavy atom. The van der Waals surface area contributed by atoms with E-state index in [2.05, 4.69) is 0 Å². The van der Waals surface area contributed by atoms with Gasteiger partial charge in [-0.25, -0.2) is 4.79 Å². The summed E-state index contributed by atoms with van der Waals surface area (Å²) >= 11 is 0. The minimum atomic E-state index is -0.422. The molecule has 0 saturated heterocycles. The quantitative estimate of drug-likeness (QED) is 0.763. The lowest BCUT2D eigenvalue weighted by Gasteiger charge is -2.10. The van der Waals surface area contributed by atoms with Gasteiger partial charge in [0.25, 0.3) is 0 Å². The number of hydrogen-bond acceptors (Lipinski definition) is 4. The average molecular weight is 234 g/mol. The molecule has 0 N–H and O–H groups in total. The molecule has 0 atom stereocenters. The average Bonchev–Trinajstić information content (AvgIpc) is 2.29. The van der Waals surface area contributed by atoms with E-state index in [0.717, 1.165) is 0 Å². The third kappa shape index (κ3) is 2.25. The van der Waals surface area contributed by atoms with Gasteiger partial charge in [-0.3, -0.25) is 0 Å². The Morgan fingerprint density at radius 2 is 1.82 bits per heavy atom. The molecule has 0 saturated carbocycles. The highest BCUT2D eigenvalue weighted by Crippen LogP contribution is 2.32. The van der Waals surface area contributed by atoms with Crippen molar-refractivity contribution in [2.24, 2.45) is 0 Å². The van der Waals surface area contributed by atoms with E-state index in [0.29, 0.717) is 35.7 Å². The summed E-state index contributed by atoms with van der Waals surface area (Å²) < 4.78 is 16.1. The lowest BCUT2D eigenvalue weighted by Crippen LogP contribution is -2.02. The third-order valence-corrected chi connectivity index (χ3v) is 2.29. The Labute approximate surface area is 98.8 Å². The molecule has 0 aliphatic heterocycles. The number of fused-ring (bicyclic) bond motifs is 1. The van der Waals surface area contributed by atoms with Gasteiger partial charge in [-0.05, 0) is 26.0 Å². The van der Waals surface area contributed by atoms with E-state index in [1.54, 1.807) is 12.1 Å². The summed E-state index contributed by atoms with van der Waals surface area (Å²) in [5.41, 5.74) is 0.0569. The van der Waals surface area contributed by atoms with Crippen LogP contribution in [-0.4, -0.2) is 13.2 Å². The highest BCUT2D eigenvalue weighted by atomic mass is 16.5. The Bertz CT molecular complexity index is 571. The summed E-state index contributed by atoms with van der Waals surface area (Å²) in [7, 11) is 0. The van der Waals surface area contributed by atoms with Crippen LogP contribution in [0.3, 0.4) is 0 Å². The van der Waals surface area contributed by atoms with Crippen LogP contribution in [0.4, 0.5) is 0 Å². The second kappa shape index (κ2) is 4.91. The van der Waals surface area contributed by atoms with Crippen LogP contribution in [0.1, 0.15) is 13.8 Å². The van der Waals surface area contributed by atoms with Crippen LogP contribution < -0.4 is 15.1 Å². The fourth-order valence-electron chi connectivity index (χ4n) is 1.70. The fraction of sp³-hybridized carbons (Fsp3) is 0.308. The van der Waals surface area contributed by atoms with E-state index in [1.807, 2.05) is 19.9 Å². The monoisotopic (exact) mass is 234 g/mol. The third-order valence-electron chi connectivity index (χ3n) is 2.29. The topological polar surface area (TPSA) is 48.7 Å². The molecule has 1 aromatic carbocycles. The Hall–Kier alpha value is -1.97. The van der Waals surface area contributed by atoms with Crippen LogP contribution in [0.2, 0.25) is 0 Å². The van der Waals surface area contributed by atoms with Crippen LogP contribution in [0.25, 0.3) is 11.0 Å². The first-order chi connectivity index (χ1) is 8.26. The van der Waals surface area contributed by atoms with Crippen LogP contribution in [0.15, 0.2) is 33.5 Å². The van der Waals surface area contributed by atoms with Crippen molar-refractivity contribution < 1.29 is 13.9 Å². The predicted molar refractivity (Wildman–Crippen MR) is 64.8 cm³/mol. The molecule has 1 heterocycles. The van der Waals surface area contributed by atoms with Gasteiger partial charge in [-0.2, -0.15) is 0 Å². The minimum Gasteiger partial charge on any atom is -0.493 e. The van der Waals surface area contributed by atoms with Crippen LogP contribution in [0.5, 0.6) is 11.5 Å². The SMILES string of the molecule is CCOc1cccc2oc(=O)cc(OCC)c12. The molecular weight excluding hydrogens is 220 g/mol. The molecule has 0 aliphatic rings. The first-order valence-electron chi connectivity index (χ1n) is 5.58. The Morgan fingerprint density at radius 3 is 2.53 bits per heavy atom. The van der Waals surface area contributed by atoms with Gasteiger partial charge in [0.15, 0.2) is 0 Å². The molecule has 0 bridgehead atoms. The molecule has 0 amide bonds. The van der Waals surface area contributed by atoms with Gasteiger partial charge in [0.05, 0.1) is 19.3 Å². The summed E-state index contributed by atoms with van der Waals surface area (Å²) in [4.78, 5) is 11.4. The molecule has 2 aromatic rings. The summed E-state index contributed by atoms with van der Waals surface area (Å²) in [6.07, 6.45) is 0. The van der Waals surface area contributed by atoms with Gasteiger partial charge in [0.2, 0.25) is 0 Å². The zero-order chi connectivity index (χ0) is 12.3. The number of hydrogen-bond donors (Lipinski definition) is 0. The van der Waals surface area contributed by atoms with Gasteiger partial charge < -0.3 is 13.9 Å². The molecule has 1 aromatic heterocycles. The second-order valence-electron chi connectivity index (χ2n) is 3.42. The zero-order valence-electron chi connectivity index (χ0n) is 9.86. The summed E-state index contributed by atoms with van der Waals surface area (Å²) in [5, 5.41) is 0.704. The van der Waals surface area contributed by atoms with E-state index in [1.165, 1.54) is 6.07 Å². The normalized spacial score (nSPS) is 10.5. The van der Waals surface area contributed by atoms with Crippen molar-refractivity contribution >= 4 is 11.0 Å². The van der Waals surface area contributed by atoms with Crippen LogP contribution >= 0.6 is 0 Å². The maximum atomic E-state index is 11.4. The first kappa shape index (κ1) is 11.5. The van der Waals surface area contributed by atoms with E-state index < -0.39 is 5.63 Å². The molecule has 0 spiro atoms. The first-order valence-corrected chi connectivity index (χ1v) is 5.58. The molecule has 0 aliphatic carbocycles. The van der Waals surface area contributed by atoms with Crippen molar-refractivity contribution in [2.75, 3.05) is 13.2 Å². The van der Waals surface area contributed by atoms with Crippen molar-refractivity contribution in [1.82, 2.24) is 0 Å². The van der Waals surface area contributed by atoms with Gasteiger partial charge >= 0.3 is 5.63 Å². The van der Waals surface area contributed by atoms with E-state index >= 15 is 0 Å². The maximum Gasteiger partial charge on any atom is 0.339 e. The number of ether oxygens (including phenoxy) is 2. The molecule has 17 heavy (non-hydrogen) atoms. The molecular formula is C13H14O4. The van der Waals surface area contributed by atoms with Crippen molar-refractivity contribution in [1.29, 1.82) is 0 Å². The molecule has 0 fully saturated rings. The van der Waals surface area contributed by atoms with Gasteiger partial charge in [-0.1, -0.05) is 6.07 Å². The standard InChI is InChI=1S/C13H14O4/c1-3-15-9-6-5-7-10-13(9)11(16-4-2)8-12(14)17-10/h5-8H,3-4H2,1-2H3. The number of benzene rings is 1. The molecule has 4 nitrogen and oxygen atoms in total. The Balaban J connectivity index is 2.71. The molecule has 4 heteroatoms. The highest BCUT2D eigenvalue weighted by molar-refractivity contribution is 5.89. The lowest BCUT2D eigenvalue weighted by molar-refractivity contribution is 0.329. The second-order valence-corrected chi connectivity index (χ2v) is 3.42. The molecule has 2 rings (SSSR count). The highest BCUT2D eigenvalue weighted by Gasteiger charge is 2.11. The van der Waals surface area contributed by atoms with Gasteiger partial charge in [0.1, 0.15) is 22.5 Å². The lowest BCUT2D eigenvalue weighted by atomic mass is 10.2. The van der Waals surface area contributed by atoms with Crippen LogP contribution in [0, 0.1) is 0 Å². The minimum absolute atomic E-state index is 0.422. The molecule has 0 radical (unpaired) electrons. The van der Waals surface area contributed by atoms with Crippen molar-refractivity contribution in [3.63, 3.8) is 0 Å². The predicted octanol–water partition coefficient (Wildman–Crippen LogP) is 2.59. The molecule has 90 valence electrons. The maximum absolute atomic E-state index is 11.4. The van der Waals surface area contributed by atoms with Crippen molar-refractivity contribution in [3.05, 3.63) is 34.7 Å². The smallest absolute Gasteiger partial charge is 0.339 e. The largest absolute Gasteiger partial charge is 0.493 e. The van der Waals surface area contributed by atoms with E-state index in [-0.39, 0.29) is 0 Å². The summed E-state index contributed by atoms with van der Waals surface area (Å²) in [6, 6.07) is 6.68. The van der Waals surface area contributed by atoms with Crippen molar-refractivity contribution in [2.45, 2.75) is 13.8 Å². The van der Waals surface area contributed by atoms with E-state index in [4.69, 9.17) is 13.9 Å². The van der Waals surface area contributed by atoms with Crippen molar-refractivity contribution in [3.8, 4) is 11.5 Å². The number of rotatable bonds is 4. The fourth-order valence-corrected chi connectivity index (χ4v) is 1.70. The molecule has 0 unspecified atom stereocenters.